The van der Waals surface area contributed by atoms with Crippen molar-refractivity contribution in [3.63, 3.8) is 0 Å². The monoisotopic (exact) mass is 380 g/mol. The third kappa shape index (κ3) is 3.10. The van der Waals surface area contributed by atoms with Gasteiger partial charge in [-0.05, 0) is 59.3 Å². The van der Waals surface area contributed by atoms with Gasteiger partial charge in [-0.15, -0.1) is 11.3 Å². The Labute approximate surface area is 139 Å². The zero-order valence-electron chi connectivity index (χ0n) is 11.0. The lowest BCUT2D eigenvalue weighted by Crippen LogP contribution is -2.12. The first kappa shape index (κ1) is 14.5. The number of halogens is 2. The highest BCUT2D eigenvalue weighted by atomic mass is 79.9. The van der Waals surface area contributed by atoms with Gasteiger partial charge < -0.3 is 5.32 Å². The van der Waals surface area contributed by atoms with E-state index < -0.39 is 0 Å². The van der Waals surface area contributed by atoms with E-state index in [-0.39, 0.29) is 5.91 Å². The van der Waals surface area contributed by atoms with E-state index in [0.29, 0.717) is 15.1 Å². The first-order chi connectivity index (χ1) is 10.0. The number of thiazole rings is 1. The van der Waals surface area contributed by atoms with Crippen LogP contribution < -0.4 is 5.32 Å². The number of nitrogens with zero attached hydrogens (tertiary/aromatic N) is 1. The predicted molar refractivity (Wildman–Crippen MR) is 91.5 cm³/mol. The molecule has 0 radical (unpaired) electrons. The molecule has 0 aliphatic rings. The Morgan fingerprint density at radius 1 is 1.29 bits per heavy atom. The standard InChI is InChI=1S/C15H10BrClN2OS/c1-8-18-13-5-3-10(7-14(13)21-8)19-15(20)11-4-2-9(17)6-12(11)16/h2-7H,1H3,(H,19,20). The third-order valence-corrected chi connectivity index (χ3v) is 4.75. The number of aryl methyl sites for hydroxylation is 1. The van der Waals surface area contributed by atoms with Gasteiger partial charge in [0.25, 0.3) is 5.91 Å². The Balaban J connectivity index is 1.88. The van der Waals surface area contributed by atoms with Crippen LogP contribution in [0, 0.1) is 6.92 Å². The molecule has 0 atom stereocenters. The normalized spacial score (nSPS) is 10.8. The molecule has 0 fully saturated rings. The van der Waals surface area contributed by atoms with Crippen LogP contribution in [0.15, 0.2) is 40.9 Å². The Bertz CT molecular complexity index is 847. The van der Waals surface area contributed by atoms with Crippen molar-refractivity contribution in [2.45, 2.75) is 6.92 Å². The average molecular weight is 382 g/mol. The van der Waals surface area contributed by atoms with Gasteiger partial charge in [0.1, 0.15) is 0 Å². The largest absolute Gasteiger partial charge is 0.322 e. The molecule has 1 aromatic heterocycles. The predicted octanol–water partition coefficient (Wildman–Crippen LogP) is 5.27. The number of hydrogen-bond acceptors (Lipinski definition) is 3. The number of nitrogens with one attached hydrogen (secondary N) is 1. The lowest BCUT2D eigenvalue weighted by molar-refractivity contribution is 0.102. The fraction of sp³-hybridized carbons (Fsp3) is 0.0667. The fourth-order valence-corrected chi connectivity index (χ4v) is 3.72. The minimum absolute atomic E-state index is 0.181. The van der Waals surface area contributed by atoms with Crippen LogP contribution in [0.3, 0.4) is 0 Å². The number of amides is 1. The van der Waals surface area contributed by atoms with E-state index in [1.54, 1.807) is 29.5 Å². The van der Waals surface area contributed by atoms with Gasteiger partial charge in [0.05, 0.1) is 20.8 Å². The number of benzene rings is 2. The second-order valence-electron chi connectivity index (χ2n) is 4.49. The van der Waals surface area contributed by atoms with E-state index in [9.17, 15) is 4.79 Å². The molecule has 0 saturated heterocycles. The van der Waals surface area contributed by atoms with Crippen LogP contribution in [0.5, 0.6) is 0 Å². The van der Waals surface area contributed by atoms with Crippen molar-refractivity contribution in [3.8, 4) is 0 Å². The molecule has 0 aliphatic heterocycles. The van der Waals surface area contributed by atoms with Crippen molar-refractivity contribution in [1.29, 1.82) is 0 Å². The molecule has 106 valence electrons. The van der Waals surface area contributed by atoms with Crippen molar-refractivity contribution in [2.24, 2.45) is 0 Å². The molecule has 0 aliphatic carbocycles. The summed E-state index contributed by atoms with van der Waals surface area (Å²) in [7, 11) is 0. The van der Waals surface area contributed by atoms with Crippen LogP contribution >= 0.6 is 38.9 Å². The highest BCUT2D eigenvalue weighted by molar-refractivity contribution is 9.10. The van der Waals surface area contributed by atoms with E-state index in [1.807, 2.05) is 25.1 Å². The lowest BCUT2D eigenvalue weighted by atomic mass is 10.2. The minimum atomic E-state index is -0.181. The highest BCUT2D eigenvalue weighted by Gasteiger charge is 2.11. The maximum atomic E-state index is 12.3. The second-order valence-corrected chi connectivity index (χ2v) is 7.02. The molecule has 21 heavy (non-hydrogen) atoms. The zero-order chi connectivity index (χ0) is 15.0. The van der Waals surface area contributed by atoms with Crippen LogP contribution in [0.25, 0.3) is 10.2 Å². The average Bonchev–Trinajstić information content (AvgIpc) is 2.77. The molecule has 3 rings (SSSR count). The lowest BCUT2D eigenvalue weighted by Gasteiger charge is -2.07. The molecule has 6 heteroatoms. The summed E-state index contributed by atoms with van der Waals surface area (Å²) in [6, 6.07) is 10.8. The zero-order valence-corrected chi connectivity index (χ0v) is 14.1. The summed E-state index contributed by atoms with van der Waals surface area (Å²) in [5, 5.41) is 4.48. The van der Waals surface area contributed by atoms with Crippen LogP contribution in [0.2, 0.25) is 5.02 Å². The Hall–Kier alpha value is -1.43. The second kappa shape index (κ2) is 5.75. The minimum Gasteiger partial charge on any atom is -0.322 e. The topological polar surface area (TPSA) is 42.0 Å². The van der Waals surface area contributed by atoms with Gasteiger partial charge in [-0.2, -0.15) is 0 Å². The number of hydrogen-bond donors (Lipinski definition) is 1. The molecular weight excluding hydrogens is 372 g/mol. The molecule has 2 aromatic carbocycles. The maximum Gasteiger partial charge on any atom is 0.256 e. The van der Waals surface area contributed by atoms with Gasteiger partial charge in [-0.25, -0.2) is 4.98 Å². The summed E-state index contributed by atoms with van der Waals surface area (Å²) in [4.78, 5) is 16.7. The molecule has 1 N–H and O–H groups in total. The Kier molecular flexibility index (Phi) is 3.97. The summed E-state index contributed by atoms with van der Waals surface area (Å²) < 4.78 is 1.72. The Morgan fingerprint density at radius 3 is 2.86 bits per heavy atom. The van der Waals surface area contributed by atoms with Gasteiger partial charge in [-0.3, -0.25) is 4.79 Å². The number of fused-ring (bicyclic) bond motifs is 1. The number of carbonyl (C=O) groups is 1. The number of rotatable bonds is 2. The van der Waals surface area contributed by atoms with Gasteiger partial charge in [-0.1, -0.05) is 11.6 Å². The Morgan fingerprint density at radius 2 is 2.10 bits per heavy atom. The van der Waals surface area contributed by atoms with Crippen molar-refractivity contribution in [3.05, 3.63) is 56.5 Å². The van der Waals surface area contributed by atoms with E-state index in [2.05, 4.69) is 26.2 Å². The number of carbonyl (C=O) groups excluding carboxylic acids is 1. The van der Waals surface area contributed by atoms with Gasteiger partial charge >= 0.3 is 0 Å². The van der Waals surface area contributed by atoms with Crippen LogP contribution in [-0.4, -0.2) is 10.9 Å². The summed E-state index contributed by atoms with van der Waals surface area (Å²) in [5.41, 5.74) is 2.24. The molecule has 3 nitrogen and oxygen atoms in total. The fourth-order valence-electron chi connectivity index (χ4n) is 1.99. The first-order valence-electron chi connectivity index (χ1n) is 6.16. The molecule has 1 heterocycles. The van der Waals surface area contributed by atoms with Crippen LogP contribution in [0.4, 0.5) is 5.69 Å². The molecular formula is C15H10BrClN2OS. The van der Waals surface area contributed by atoms with E-state index in [1.165, 1.54) is 0 Å². The van der Waals surface area contributed by atoms with E-state index in [4.69, 9.17) is 11.6 Å². The molecule has 0 unspecified atom stereocenters. The number of aromatic nitrogens is 1. The highest BCUT2D eigenvalue weighted by Crippen LogP contribution is 2.26. The smallest absolute Gasteiger partial charge is 0.256 e. The van der Waals surface area contributed by atoms with Crippen molar-refractivity contribution < 1.29 is 4.79 Å². The van der Waals surface area contributed by atoms with Crippen molar-refractivity contribution in [1.82, 2.24) is 4.98 Å². The molecule has 3 aromatic rings. The SMILES string of the molecule is Cc1nc2ccc(NC(=O)c3ccc(Cl)cc3Br)cc2s1. The van der Waals surface area contributed by atoms with E-state index in [0.717, 1.165) is 20.9 Å². The van der Waals surface area contributed by atoms with Gasteiger partial charge in [0.15, 0.2) is 0 Å². The first-order valence-corrected chi connectivity index (χ1v) is 8.15. The van der Waals surface area contributed by atoms with Crippen molar-refractivity contribution >= 4 is 60.7 Å². The van der Waals surface area contributed by atoms with Crippen LogP contribution in [0.1, 0.15) is 15.4 Å². The molecule has 0 saturated carbocycles. The quantitative estimate of drug-likeness (QED) is 0.657. The molecule has 0 bridgehead atoms. The van der Waals surface area contributed by atoms with Gasteiger partial charge in [0.2, 0.25) is 0 Å². The summed E-state index contributed by atoms with van der Waals surface area (Å²) >= 11 is 10.8. The third-order valence-electron chi connectivity index (χ3n) is 2.93. The maximum absolute atomic E-state index is 12.3. The van der Waals surface area contributed by atoms with Crippen molar-refractivity contribution in [2.75, 3.05) is 5.32 Å². The molecule has 1 amide bonds. The van der Waals surface area contributed by atoms with Crippen LogP contribution in [-0.2, 0) is 0 Å². The number of anilines is 1. The summed E-state index contributed by atoms with van der Waals surface area (Å²) in [5.74, 6) is -0.181. The summed E-state index contributed by atoms with van der Waals surface area (Å²) in [6.45, 7) is 1.97. The molecule has 0 spiro atoms. The summed E-state index contributed by atoms with van der Waals surface area (Å²) in [6.07, 6.45) is 0. The van der Waals surface area contributed by atoms with Gasteiger partial charge in [0, 0.05) is 15.2 Å². The van der Waals surface area contributed by atoms with E-state index >= 15 is 0 Å².